The Balaban J connectivity index is 2.73. The quantitative estimate of drug-likeness (QED) is 0.863. The van der Waals surface area contributed by atoms with E-state index in [9.17, 15) is 0 Å². The van der Waals surface area contributed by atoms with Gasteiger partial charge in [-0.2, -0.15) is 0 Å². The molecule has 1 heterocycles. The monoisotopic (exact) mass is 242 g/mol. The van der Waals surface area contributed by atoms with Crippen LogP contribution in [0.3, 0.4) is 0 Å². The number of aromatic nitrogens is 1. The third kappa shape index (κ3) is 1.73. The van der Waals surface area contributed by atoms with Gasteiger partial charge in [0.2, 0.25) is 0 Å². The lowest BCUT2D eigenvalue weighted by molar-refractivity contribution is 0.827. The Kier molecular flexibility index (Phi) is 2.91. The number of nitrogens with two attached hydrogens (primary N) is 1. The molecule has 0 radical (unpaired) electrons. The van der Waals surface area contributed by atoms with E-state index in [2.05, 4.69) is 4.57 Å². The number of hydrogen-bond acceptors (Lipinski definition) is 1. The Bertz CT molecular complexity index is 503. The fraction of sp³-hybridized carbons (Fsp3) is 0.273. The highest BCUT2D eigenvalue weighted by atomic mass is 35.5. The highest BCUT2D eigenvalue weighted by Gasteiger charge is 2.12. The molecule has 0 unspecified atom stereocenters. The maximum absolute atomic E-state index is 6.27. The summed E-state index contributed by atoms with van der Waals surface area (Å²) in [7, 11) is 1.98. The fourth-order valence-electron chi connectivity index (χ4n) is 1.83. The summed E-state index contributed by atoms with van der Waals surface area (Å²) in [5, 5.41) is 2.54. The summed E-state index contributed by atoms with van der Waals surface area (Å²) < 4.78 is 2.05. The molecule has 0 aliphatic rings. The largest absolute Gasteiger partial charge is 0.346 e. The topological polar surface area (TPSA) is 30.9 Å². The number of rotatable bonds is 2. The summed E-state index contributed by atoms with van der Waals surface area (Å²) in [4.78, 5) is 0. The van der Waals surface area contributed by atoms with E-state index in [0.717, 1.165) is 33.1 Å². The van der Waals surface area contributed by atoms with E-state index in [1.54, 1.807) is 0 Å². The third-order valence-electron chi connectivity index (χ3n) is 2.60. The second-order valence-corrected chi connectivity index (χ2v) is 4.33. The molecule has 0 aliphatic carbocycles. The van der Waals surface area contributed by atoms with Crippen molar-refractivity contribution in [1.29, 1.82) is 0 Å². The van der Waals surface area contributed by atoms with Gasteiger partial charge in [-0.05, 0) is 24.7 Å². The van der Waals surface area contributed by atoms with Gasteiger partial charge < -0.3 is 10.3 Å². The van der Waals surface area contributed by atoms with Crippen molar-refractivity contribution < 1.29 is 0 Å². The second-order valence-electron chi connectivity index (χ2n) is 3.52. The van der Waals surface area contributed by atoms with Crippen LogP contribution < -0.4 is 5.73 Å². The molecular formula is C11H12Cl2N2. The SMILES string of the molecule is Cn1c(CCN)c(Cl)c2ccc(Cl)cc21. The summed E-state index contributed by atoms with van der Waals surface area (Å²) >= 11 is 12.2. The first-order valence-corrected chi connectivity index (χ1v) is 5.53. The Labute approximate surface area is 98.6 Å². The Morgan fingerprint density at radius 1 is 1.33 bits per heavy atom. The van der Waals surface area contributed by atoms with Gasteiger partial charge in [0.05, 0.1) is 10.5 Å². The van der Waals surface area contributed by atoms with Crippen LogP contribution in [0, 0.1) is 0 Å². The number of benzene rings is 1. The van der Waals surface area contributed by atoms with Crippen LogP contribution in [-0.4, -0.2) is 11.1 Å². The summed E-state index contributed by atoms with van der Waals surface area (Å²) in [6.45, 7) is 0.595. The molecule has 0 spiro atoms. The highest BCUT2D eigenvalue weighted by Crippen LogP contribution is 2.31. The first-order chi connectivity index (χ1) is 7.15. The average molecular weight is 243 g/mol. The van der Waals surface area contributed by atoms with Gasteiger partial charge in [-0.1, -0.05) is 23.2 Å². The van der Waals surface area contributed by atoms with E-state index >= 15 is 0 Å². The van der Waals surface area contributed by atoms with Crippen LogP contribution in [0.15, 0.2) is 18.2 Å². The van der Waals surface area contributed by atoms with E-state index in [4.69, 9.17) is 28.9 Å². The third-order valence-corrected chi connectivity index (χ3v) is 3.25. The number of fused-ring (bicyclic) bond motifs is 1. The zero-order valence-corrected chi connectivity index (χ0v) is 9.94. The van der Waals surface area contributed by atoms with Crippen molar-refractivity contribution in [2.45, 2.75) is 6.42 Å². The molecule has 4 heteroatoms. The van der Waals surface area contributed by atoms with Crippen LogP contribution >= 0.6 is 23.2 Å². The van der Waals surface area contributed by atoms with Crippen molar-refractivity contribution in [1.82, 2.24) is 4.57 Å². The van der Waals surface area contributed by atoms with Gasteiger partial charge in [-0.3, -0.25) is 0 Å². The molecule has 2 nitrogen and oxygen atoms in total. The smallest absolute Gasteiger partial charge is 0.0694 e. The second kappa shape index (κ2) is 4.05. The summed E-state index contributed by atoms with van der Waals surface area (Å²) in [6, 6.07) is 5.71. The Morgan fingerprint density at radius 3 is 2.73 bits per heavy atom. The van der Waals surface area contributed by atoms with Gasteiger partial charge >= 0.3 is 0 Å². The molecule has 0 amide bonds. The lowest BCUT2D eigenvalue weighted by Gasteiger charge is -2.02. The first kappa shape index (κ1) is 10.8. The summed E-state index contributed by atoms with van der Waals surface area (Å²) in [6.07, 6.45) is 0.779. The molecule has 0 saturated heterocycles. The maximum Gasteiger partial charge on any atom is 0.0694 e. The van der Waals surface area contributed by atoms with E-state index in [1.165, 1.54) is 0 Å². The predicted molar refractivity (Wildman–Crippen MR) is 65.7 cm³/mol. The van der Waals surface area contributed by atoms with Crippen LogP contribution in [0.2, 0.25) is 10.0 Å². The average Bonchev–Trinajstić information content (AvgIpc) is 2.44. The normalized spacial score (nSPS) is 11.2. The van der Waals surface area contributed by atoms with Gasteiger partial charge in [-0.25, -0.2) is 0 Å². The van der Waals surface area contributed by atoms with Crippen LogP contribution in [0.4, 0.5) is 0 Å². The van der Waals surface area contributed by atoms with Crippen molar-refractivity contribution in [2.75, 3.05) is 6.54 Å². The summed E-state index contributed by atoms with van der Waals surface area (Å²) in [5.41, 5.74) is 7.67. The first-order valence-electron chi connectivity index (χ1n) is 4.77. The Morgan fingerprint density at radius 2 is 2.07 bits per heavy atom. The number of halogens is 2. The predicted octanol–water partition coefficient (Wildman–Crippen LogP) is 2.99. The van der Waals surface area contributed by atoms with Gasteiger partial charge in [-0.15, -0.1) is 0 Å². The molecule has 0 aliphatic heterocycles. The zero-order chi connectivity index (χ0) is 11.0. The van der Waals surface area contributed by atoms with Gasteiger partial charge in [0, 0.05) is 29.6 Å². The maximum atomic E-state index is 6.27. The molecule has 1 aromatic carbocycles. The molecule has 0 saturated carbocycles. The van der Waals surface area contributed by atoms with Crippen LogP contribution in [0.25, 0.3) is 10.9 Å². The number of nitrogens with zero attached hydrogens (tertiary/aromatic N) is 1. The van der Waals surface area contributed by atoms with Crippen molar-refractivity contribution in [2.24, 2.45) is 12.8 Å². The number of hydrogen-bond donors (Lipinski definition) is 1. The molecule has 15 heavy (non-hydrogen) atoms. The fourth-order valence-corrected chi connectivity index (χ4v) is 2.38. The molecule has 0 atom stereocenters. The van der Waals surface area contributed by atoms with E-state index in [-0.39, 0.29) is 0 Å². The van der Waals surface area contributed by atoms with E-state index < -0.39 is 0 Å². The minimum atomic E-state index is 0.595. The highest BCUT2D eigenvalue weighted by molar-refractivity contribution is 6.37. The van der Waals surface area contributed by atoms with Gasteiger partial charge in [0.15, 0.2) is 0 Å². The van der Waals surface area contributed by atoms with E-state index in [1.807, 2.05) is 25.2 Å². The minimum Gasteiger partial charge on any atom is -0.346 e. The number of aryl methyl sites for hydroxylation is 1. The molecule has 1 aromatic heterocycles. The standard InChI is InChI=1S/C11H12Cl2N2/c1-15-9(4-5-14)11(13)8-3-2-7(12)6-10(8)15/h2-3,6H,4-5,14H2,1H3. The van der Waals surface area contributed by atoms with Crippen molar-refractivity contribution in [3.05, 3.63) is 33.9 Å². The molecular weight excluding hydrogens is 231 g/mol. The molecule has 2 rings (SSSR count). The molecule has 2 N–H and O–H groups in total. The van der Waals surface area contributed by atoms with Crippen LogP contribution in [-0.2, 0) is 13.5 Å². The van der Waals surface area contributed by atoms with Crippen molar-refractivity contribution in [3.8, 4) is 0 Å². The Hall–Kier alpha value is -0.700. The lowest BCUT2D eigenvalue weighted by atomic mass is 10.2. The zero-order valence-electron chi connectivity index (χ0n) is 8.43. The molecule has 2 aromatic rings. The van der Waals surface area contributed by atoms with Crippen molar-refractivity contribution >= 4 is 34.1 Å². The van der Waals surface area contributed by atoms with Crippen molar-refractivity contribution in [3.63, 3.8) is 0 Å². The van der Waals surface area contributed by atoms with Crippen LogP contribution in [0.1, 0.15) is 5.69 Å². The van der Waals surface area contributed by atoms with Gasteiger partial charge in [0.1, 0.15) is 0 Å². The summed E-state index contributed by atoms with van der Waals surface area (Å²) in [5.74, 6) is 0. The lowest BCUT2D eigenvalue weighted by Crippen LogP contribution is -2.06. The van der Waals surface area contributed by atoms with E-state index in [0.29, 0.717) is 6.54 Å². The molecule has 0 bridgehead atoms. The molecule has 80 valence electrons. The molecule has 0 fully saturated rings. The van der Waals surface area contributed by atoms with Crippen LogP contribution in [0.5, 0.6) is 0 Å². The van der Waals surface area contributed by atoms with Gasteiger partial charge in [0.25, 0.3) is 0 Å². The minimum absolute atomic E-state index is 0.595.